The Balaban J connectivity index is 1.34. The lowest BCUT2D eigenvalue weighted by atomic mass is 9.79. The molecule has 7 nitrogen and oxygen atoms in total. The first-order valence-corrected chi connectivity index (χ1v) is 12.2. The Bertz CT molecular complexity index is 1060. The summed E-state index contributed by atoms with van der Waals surface area (Å²) in [6.07, 6.45) is 4.76. The van der Waals surface area contributed by atoms with E-state index in [1.165, 1.54) is 0 Å². The molecular weight excluding hydrogens is 429 g/mol. The van der Waals surface area contributed by atoms with E-state index in [-0.39, 0.29) is 18.2 Å². The minimum atomic E-state index is -0.616. The molecule has 1 unspecified atom stereocenters. The Morgan fingerprint density at radius 3 is 2.53 bits per heavy atom. The highest BCUT2D eigenvalue weighted by molar-refractivity contribution is 6.62. The number of nitrogens with one attached hydrogen (secondary N) is 1. The summed E-state index contributed by atoms with van der Waals surface area (Å²) in [5, 5.41) is 0. The van der Waals surface area contributed by atoms with E-state index in [1.807, 2.05) is 76.9 Å². The number of H-pyrrole nitrogens is 1. The number of rotatable bonds is 3. The molecule has 180 valence electrons. The Labute approximate surface area is 202 Å². The normalized spacial score (nSPS) is 30.2. The molecule has 1 aromatic heterocycles. The molecule has 1 aromatic carbocycles. The third-order valence-electron chi connectivity index (χ3n) is 7.60. The van der Waals surface area contributed by atoms with Gasteiger partial charge >= 0.3 is 13.2 Å². The number of nitrogens with zero attached hydrogens (tertiary/aromatic N) is 2. The van der Waals surface area contributed by atoms with E-state index in [0.29, 0.717) is 5.92 Å². The van der Waals surface area contributed by atoms with Gasteiger partial charge in [-0.15, -0.1) is 0 Å². The Morgan fingerprint density at radius 2 is 1.91 bits per heavy atom. The quantitative estimate of drug-likeness (QED) is 0.529. The first-order valence-electron chi connectivity index (χ1n) is 12.2. The maximum Gasteiger partial charge on any atom is 0.497 e. The van der Waals surface area contributed by atoms with E-state index in [1.54, 1.807) is 0 Å². The fourth-order valence-corrected chi connectivity index (χ4v) is 5.30. The number of hydrogen-bond donors (Lipinski definition) is 1. The molecule has 2 bridgehead atoms. The minimum Gasteiger partial charge on any atom is -0.444 e. The van der Waals surface area contributed by atoms with Crippen LogP contribution in [0.3, 0.4) is 0 Å². The molecule has 1 saturated carbocycles. The second kappa shape index (κ2) is 7.78. The summed E-state index contributed by atoms with van der Waals surface area (Å²) in [6.45, 7) is 15.8. The Kier molecular flexibility index (Phi) is 5.34. The van der Waals surface area contributed by atoms with Gasteiger partial charge in [-0.1, -0.05) is 24.3 Å². The maximum atomic E-state index is 13.0. The molecule has 3 aliphatic rings. The number of aromatic amines is 1. The highest BCUT2D eigenvalue weighted by Crippen LogP contribution is 2.50. The van der Waals surface area contributed by atoms with Crippen LogP contribution in [0.5, 0.6) is 0 Å². The van der Waals surface area contributed by atoms with Gasteiger partial charge in [0, 0.05) is 13.0 Å². The van der Waals surface area contributed by atoms with E-state index in [4.69, 9.17) is 19.0 Å². The highest BCUT2D eigenvalue weighted by Gasteiger charge is 2.57. The predicted molar refractivity (Wildman–Crippen MR) is 131 cm³/mol. The van der Waals surface area contributed by atoms with Gasteiger partial charge in [-0.2, -0.15) is 0 Å². The van der Waals surface area contributed by atoms with Gasteiger partial charge in [0.15, 0.2) is 0 Å². The molecule has 3 heterocycles. The maximum absolute atomic E-state index is 13.0. The number of imidazole rings is 1. The van der Waals surface area contributed by atoms with Crippen molar-refractivity contribution in [1.29, 1.82) is 0 Å². The van der Waals surface area contributed by atoms with Crippen molar-refractivity contribution >= 4 is 18.7 Å². The number of amides is 1. The van der Waals surface area contributed by atoms with Gasteiger partial charge < -0.3 is 19.0 Å². The van der Waals surface area contributed by atoms with Crippen LogP contribution in [0.2, 0.25) is 0 Å². The zero-order valence-corrected chi connectivity index (χ0v) is 21.1. The van der Waals surface area contributed by atoms with Crippen LogP contribution >= 0.6 is 0 Å². The molecule has 2 saturated heterocycles. The van der Waals surface area contributed by atoms with Crippen molar-refractivity contribution in [2.45, 2.75) is 89.7 Å². The van der Waals surface area contributed by atoms with Crippen molar-refractivity contribution in [1.82, 2.24) is 14.9 Å². The Morgan fingerprint density at radius 1 is 1.21 bits per heavy atom. The molecule has 5 rings (SSSR count). The molecule has 2 aromatic rings. The summed E-state index contributed by atoms with van der Waals surface area (Å²) in [7, 11) is -0.444. The number of carbonyl (C=O) groups is 1. The third-order valence-corrected chi connectivity index (χ3v) is 7.60. The van der Waals surface area contributed by atoms with E-state index >= 15 is 0 Å². The monoisotopic (exact) mass is 464 g/mol. The predicted octanol–water partition coefficient (Wildman–Crippen LogP) is 4.65. The van der Waals surface area contributed by atoms with E-state index < -0.39 is 23.9 Å². The molecule has 1 N–H and O–H groups in total. The molecular formula is C26H35BN3O4+. The van der Waals surface area contributed by atoms with Crippen LogP contribution in [-0.4, -0.2) is 50.9 Å². The summed E-state index contributed by atoms with van der Waals surface area (Å²) >= 11 is 0. The number of fused-ring (bicyclic) bond motifs is 2. The molecule has 1 aliphatic carbocycles. The molecule has 2 aliphatic heterocycles. The van der Waals surface area contributed by atoms with Crippen molar-refractivity contribution in [3.63, 3.8) is 0 Å². The lowest BCUT2D eigenvalue weighted by molar-refractivity contribution is 0.00620. The van der Waals surface area contributed by atoms with Gasteiger partial charge in [-0.05, 0) is 70.8 Å². The number of ether oxygens (including phenoxy) is 1. The summed E-state index contributed by atoms with van der Waals surface area (Å²) in [5.41, 5.74) is 1.28. The van der Waals surface area contributed by atoms with Crippen molar-refractivity contribution < 1.29 is 18.8 Å². The standard InChI is InChI=1S/C26H35BN3O4/c1-24(2,3)32-23(31)30-19-13-10-17(14-19)21(30)22-28-15-20(29-22)16-8-11-18(12-9-16)27-33-25(4,5)26(6,7)34-27/h8-9,11-12,15,17,19,21H,4,10,13-14H2,1-3,5-7H3,(H,28,29)/q+1/t17-,19+,21-,25?/m0/s1. The van der Waals surface area contributed by atoms with Crippen molar-refractivity contribution in [2.75, 3.05) is 0 Å². The van der Waals surface area contributed by atoms with Crippen molar-refractivity contribution in [2.24, 2.45) is 5.92 Å². The van der Waals surface area contributed by atoms with E-state index in [2.05, 4.69) is 11.9 Å². The van der Waals surface area contributed by atoms with Crippen molar-refractivity contribution in [3.8, 4) is 11.3 Å². The van der Waals surface area contributed by atoms with Crippen LogP contribution in [-0.2, 0) is 14.0 Å². The molecule has 1 amide bonds. The van der Waals surface area contributed by atoms with E-state index in [9.17, 15) is 4.79 Å². The summed E-state index contributed by atoms with van der Waals surface area (Å²) in [5.74, 6) is 1.24. The lowest BCUT2D eigenvalue weighted by Gasteiger charge is -2.35. The third kappa shape index (κ3) is 4.01. The van der Waals surface area contributed by atoms with Crippen LogP contribution in [0.1, 0.15) is 72.7 Å². The Hall–Kier alpha value is -2.45. The topological polar surface area (TPSA) is 76.7 Å². The average Bonchev–Trinajstić information content (AvgIpc) is 3.49. The van der Waals surface area contributed by atoms with Gasteiger partial charge in [-0.3, -0.25) is 4.90 Å². The summed E-state index contributed by atoms with van der Waals surface area (Å²) < 4.78 is 17.9. The minimum absolute atomic E-state index is 0.0705. The second-order valence-electron chi connectivity index (χ2n) is 11.7. The van der Waals surface area contributed by atoms with Crippen LogP contribution in [0, 0.1) is 12.8 Å². The molecule has 8 heteroatoms. The van der Waals surface area contributed by atoms with Crippen LogP contribution in [0.15, 0.2) is 30.5 Å². The van der Waals surface area contributed by atoms with Gasteiger partial charge in [0.05, 0.1) is 24.9 Å². The van der Waals surface area contributed by atoms with Crippen LogP contribution in [0.4, 0.5) is 4.79 Å². The fourth-order valence-electron chi connectivity index (χ4n) is 5.30. The zero-order valence-electron chi connectivity index (χ0n) is 21.1. The fraction of sp³-hybridized carbons (Fsp3) is 0.577. The summed E-state index contributed by atoms with van der Waals surface area (Å²) in [4.78, 5) is 23.1. The molecule has 0 spiro atoms. The van der Waals surface area contributed by atoms with Crippen LogP contribution in [0.25, 0.3) is 11.3 Å². The van der Waals surface area contributed by atoms with Crippen molar-refractivity contribution in [3.05, 3.63) is 43.2 Å². The summed E-state index contributed by atoms with van der Waals surface area (Å²) in [6, 6.07) is 8.27. The molecule has 34 heavy (non-hydrogen) atoms. The average molecular weight is 464 g/mol. The lowest BCUT2D eigenvalue weighted by Crippen LogP contribution is -2.43. The number of carbonyl (C=O) groups excluding carboxylic acids is 1. The first kappa shape index (κ1) is 23.3. The van der Waals surface area contributed by atoms with Gasteiger partial charge in [0.1, 0.15) is 17.0 Å². The van der Waals surface area contributed by atoms with Crippen LogP contribution < -0.4 is 5.46 Å². The smallest absolute Gasteiger partial charge is 0.444 e. The van der Waals surface area contributed by atoms with Gasteiger partial charge in [0.2, 0.25) is 5.60 Å². The molecule has 4 atom stereocenters. The first-order chi connectivity index (χ1) is 15.8. The number of benzene rings is 1. The molecule has 3 fully saturated rings. The number of aromatic nitrogens is 2. The second-order valence-corrected chi connectivity index (χ2v) is 11.7. The van der Waals surface area contributed by atoms with E-state index in [0.717, 1.165) is 41.8 Å². The zero-order chi connectivity index (χ0) is 24.5. The van der Waals surface area contributed by atoms with Gasteiger partial charge in [-0.25, -0.2) is 9.78 Å². The highest BCUT2D eigenvalue weighted by atomic mass is 16.7. The number of hydrogen-bond acceptors (Lipinski definition) is 5. The number of likely N-dealkylation sites (tertiary alicyclic amines) is 1. The number of piperidine rings is 1. The SMILES string of the molecule is [CH2+]C1(C)OB(c2ccc(-c3cnc([C@@H]4[C@H]5CC[C@H](C5)N4C(=O)OC(C)(C)C)[nH]3)cc2)OC1(C)C. The molecule has 0 radical (unpaired) electrons. The largest absolute Gasteiger partial charge is 0.497 e. The van der Waals surface area contributed by atoms with Gasteiger partial charge in [0.25, 0.3) is 0 Å².